The Balaban J connectivity index is 1.62. The maximum atomic E-state index is 12.8. The number of aliphatic hydroxyl groups is 4. The molecule has 0 unspecified atom stereocenters. The van der Waals surface area contributed by atoms with Crippen LogP contribution in [0.15, 0.2) is 36.4 Å². The van der Waals surface area contributed by atoms with Gasteiger partial charge < -0.3 is 44.5 Å². The van der Waals surface area contributed by atoms with E-state index in [0.717, 1.165) is 0 Å². The van der Waals surface area contributed by atoms with Crippen molar-refractivity contribution < 1.29 is 49.3 Å². The molecule has 0 radical (unpaired) electrons. The number of benzene rings is 2. The second-order valence-electron chi connectivity index (χ2n) is 7.64. The first-order chi connectivity index (χ1) is 15.3. The van der Waals surface area contributed by atoms with Crippen molar-refractivity contribution in [2.75, 3.05) is 13.7 Å². The summed E-state index contributed by atoms with van der Waals surface area (Å²) < 4.78 is 22.4. The van der Waals surface area contributed by atoms with Crippen LogP contribution in [0.3, 0.4) is 0 Å². The van der Waals surface area contributed by atoms with Crippen LogP contribution in [0, 0.1) is 0 Å². The number of hydrogen-bond donors (Lipinski definition) is 5. The maximum absolute atomic E-state index is 12.8. The molecule has 2 heterocycles. The van der Waals surface area contributed by atoms with Gasteiger partial charge in [-0.3, -0.25) is 4.79 Å². The Hall–Kier alpha value is -2.89. The maximum Gasteiger partial charge on any atom is 0.229 e. The molecule has 0 amide bonds. The van der Waals surface area contributed by atoms with Crippen LogP contribution in [0.25, 0.3) is 0 Å². The number of ether oxygens (including phenoxy) is 4. The van der Waals surface area contributed by atoms with Gasteiger partial charge in [0.05, 0.1) is 20.1 Å². The van der Waals surface area contributed by atoms with Gasteiger partial charge in [-0.2, -0.15) is 0 Å². The number of fused-ring (bicyclic) bond motifs is 1. The predicted octanol–water partition coefficient (Wildman–Crippen LogP) is 0.286. The van der Waals surface area contributed by atoms with E-state index in [0.29, 0.717) is 5.56 Å². The molecule has 2 aromatic carbocycles. The van der Waals surface area contributed by atoms with Crippen molar-refractivity contribution in [1.29, 1.82) is 0 Å². The fourth-order valence-corrected chi connectivity index (χ4v) is 3.80. The predicted molar refractivity (Wildman–Crippen MR) is 108 cm³/mol. The van der Waals surface area contributed by atoms with Crippen molar-refractivity contribution in [3.8, 4) is 23.0 Å². The molecule has 0 aromatic heterocycles. The van der Waals surface area contributed by atoms with Crippen LogP contribution in [-0.2, 0) is 4.74 Å². The standard InChI is InChI=1S/C22H24O10/c1-29-15-6-12(30-22-21(28)20(27)19(26)17(9-23)32-22)7-16-18(15)13(25)8-14(31-16)10-2-4-11(24)5-3-10/h2-7,14,17,19-24,26-28H,8-9H2,1H3/t14-,17+,19+,20-,21+,22+/m0/s1. The number of aliphatic hydroxyl groups excluding tert-OH is 4. The Kier molecular flexibility index (Phi) is 6.22. The van der Waals surface area contributed by atoms with E-state index in [1.807, 2.05) is 0 Å². The van der Waals surface area contributed by atoms with Gasteiger partial charge in [-0.15, -0.1) is 0 Å². The van der Waals surface area contributed by atoms with Crippen molar-refractivity contribution in [2.45, 2.75) is 43.2 Å². The molecule has 4 rings (SSSR count). The summed E-state index contributed by atoms with van der Waals surface area (Å²) in [4.78, 5) is 12.8. The van der Waals surface area contributed by atoms with Crippen molar-refractivity contribution in [3.63, 3.8) is 0 Å². The molecule has 0 spiro atoms. The van der Waals surface area contributed by atoms with Crippen LogP contribution in [0.4, 0.5) is 0 Å². The highest BCUT2D eigenvalue weighted by atomic mass is 16.7. The van der Waals surface area contributed by atoms with Crippen molar-refractivity contribution in [1.82, 2.24) is 0 Å². The van der Waals surface area contributed by atoms with Gasteiger partial charge in [-0.1, -0.05) is 12.1 Å². The van der Waals surface area contributed by atoms with Crippen LogP contribution in [-0.4, -0.2) is 75.7 Å². The van der Waals surface area contributed by atoms with Crippen molar-refractivity contribution >= 4 is 5.78 Å². The largest absolute Gasteiger partial charge is 0.508 e. The number of carbonyl (C=O) groups excluding carboxylic acids is 1. The van der Waals surface area contributed by atoms with Gasteiger partial charge in [0.15, 0.2) is 5.78 Å². The molecule has 6 atom stereocenters. The third kappa shape index (κ3) is 4.10. The van der Waals surface area contributed by atoms with Crippen LogP contribution in [0.2, 0.25) is 0 Å². The van der Waals surface area contributed by atoms with Gasteiger partial charge in [0.25, 0.3) is 0 Å². The lowest BCUT2D eigenvalue weighted by Gasteiger charge is -2.39. The summed E-state index contributed by atoms with van der Waals surface area (Å²) >= 11 is 0. The normalized spacial score (nSPS) is 29.7. The zero-order chi connectivity index (χ0) is 23.0. The quantitative estimate of drug-likeness (QED) is 0.431. The van der Waals surface area contributed by atoms with Crippen molar-refractivity contribution in [3.05, 3.63) is 47.5 Å². The number of aromatic hydroxyl groups is 1. The first-order valence-corrected chi connectivity index (χ1v) is 10.0. The summed E-state index contributed by atoms with van der Waals surface area (Å²) in [7, 11) is 1.38. The minimum absolute atomic E-state index is 0.0705. The number of phenolic OH excluding ortho intramolecular Hbond substituents is 1. The average molecular weight is 448 g/mol. The van der Waals surface area contributed by atoms with Gasteiger partial charge in [-0.05, 0) is 17.7 Å². The number of hydrogen-bond acceptors (Lipinski definition) is 10. The SMILES string of the molecule is COc1cc(O[C@@H]2O[C@H](CO)[C@@H](O)[C@H](O)[C@H]2O)cc2c1C(=O)C[C@@H](c1ccc(O)cc1)O2. The number of methoxy groups -OCH3 is 1. The second kappa shape index (κ2) is 8.93. The van der Waals surface area contributed by atoms with Crippen LogP contribution >= 0.6 is 0 Å². The molecular formula is C22H24O10. The molecule has 2 aliphatic rings. The monoisotopic (exact) mass is 448 g/mol. The van der Waals surface area contributed by atoms with Gasteiger partial charge in [-0.25, -0.2) is 0 Å². The van der Waals surface area contributed by atoms with E-state index in [2.05, 4.69) is 0 Å². The Morgan fingerprint density at radius 3 is 2.44 bits per heavy atom. The van der Waals surface area contributed by atoms with E-state index < -0.39 is 43.4 Å². The van der Waals surface area contributed by atoms with E-state index in [9.17, 15) is 30.3 Å². The van der Waals surface area contributed by atoms with Gasteiger partial charge in [0.1, 0.15) is 59.1 Å². The highest BCUT2D eigenvalue weighted by Crippen LogP contribution is 2.43. The van der Waals surface area contributed by atoms with Gasteiger partial charge in [0.2, 0.25) is 6.29 Å². The third-order valence-electron chi connectivity index (χ3n) is 5.54. The number of Topliss-reactive ketones (excluding diaryl/α,β-unsaturated/α-hetero) is 1. The fourth-order valence-electron chi connectivity index (χ4n) is 3.80. The summed E-state index contributed by atoms with van der Waals surface area (Å²) in [5.41, 5.74) is 0.935. The fraction of sp³-hybridized carbons (Fsp3) is 0.409. The molecular weight excluding hydrogens is 424 g/mol. The minimum atomic E-state index is -1.60. The lowest BCUT2D eigenvalue weighted by atomic mass is 9.95. The molecule has 2 aliphatic heterocycles. The van der Waals surface area contributed by atoms with E-state index >= 15 is 0 Å². The highest BCUT2D eigenvalue weighted by Gasteiger charge is 2.45. The molecule has 0 bridgehead atoms. The number of carbonyl (C=O) groups is 1. The molecule has 32 heavy (non-hydrogen) atoms. The highest BCUT2D eigenvalue weighted by molar-refractivity contribution is 6.02. The average Bonchev–Trinajstić information content (AvgIpc) is 2.79. The van der Waals surface area contributed by atoms with Crippen molar-refractivity contribution in [2.24, 2.45) is 0 Å². The topological polar surface area (TPSA) is 155 Å². The van der Waals surface area contributed by atoms with E-state index in [1.54, 1.807) is 12.1 Å². The zero-order valence-corrected chi connectivity index (χ0v) is 17.1. The first kappa shape index (κ1) is 22.3. The lowest BCUT2D eigenvalue weighted by Crippen LogP contribution is -2.60. The summed E-state index contributed by atoms with van der Waals surface area (Å²) in [5.74, 6) is 0.382. The van der Waals surface area contributed by atoms with Crippen LogP contribution in [0.1, 0.15) is 28.4 Å². The third-order valence-corrected chi connectivity index (χ3v) is 5.54. The summed E-state index contributed by atoms with van der Waals surface area (Å²) in [5, 5.41) is 49.0. The zero-order valence-electron chi connectivity index (χ0n) is 17.1. The van der Waals surface area contributed by atoms with E-state index in [1.165, 1.54) is 31.4 Å². The number of phenols is 1. The molecule has 2 aromatic rings. The second-order valence-corrected chi connectivity index (χ2v) is 7.64. The minimum Gasteiger partial charge on any atom is -0.508 e. The summed E-state index contributed by atoms with van der Waals surface area (Å²) in [6.45, 7) is -0.593. The summed E-state index contributed by atoms with van der Waals surface area (Å²) in [6.07, 6.45) is -7.76. The van der Waals surface area contributed by atoms with Gasteiger partial charge >= 0.3 is 0 Å². The van der Waals surface area contributed by atoms with E-state index in [4.69, 9.17) is 18.9 Å². The first-order valence-electron chi connectivity index (χ1n) is 10.0. The molecule has 0 aliphatic carbocycles. The Bertz CT molecular complexity index is 973. The lowest BCUT2D eigenvalue weighted by molar-refractivity contribution is -0.277. The van der Waals surface area contributed by atoms with Crippen LogP contribution < -0.4 is 14.2 Å². The smallest absolute Gasteiger partial charge is 0.229 e. The molecule has 172 valence electrons. The Labute approximate surface area is 183 Å². The van der Waals surface area contributed by atoms with E-state index in [-0.39, 0.29) is 40.8 Å². The number of ketones is 1. The number of rotatable bonds is 5. The summed E-state index contributed by atoms with van der Waals surface area (Å²) in [6, 6.07) is 9.16. The Morgan fingerprint density at radius 2 is 1.78 bits per heavy atom. The Morgan fingerprint density at radius 1 is 1.06 bits per heavy atom. The molecule has 5 N–H and O–H groups in total. The molecule has 10 nitrogen and oxygen atoms in total. The molecule has 1 fully saturated rings. The molecule has 0 saturated carbocycles. The van der Waals surface area contributed by atoms with Crippen LogP contribution in [0.5, 0.6) is 23.0 Å². The molecule has 10 heteroatoms. The molecule has 1 saturated heterocycles. The van der Waals surface area contributed by atoms with Gasteiger partial charge in [0, 0.05) is 12.1 Å².